The molecule has 0 bridgehead atoms. The van der Waals surface area contributed by atoms with Crippen LogP contribution in [0.15, 0.2) is 5.38 Å². The molecule has 1 rings (SSSR count). The van der Waals surface area contributed by atoms with Gasteiger partial charge < -0.3 is 14.8 Å². The lowest BCUT2D eigenvalue weighted by Crippen LogP contribution is -2.62. The molecule has 1 N–H and O–H groups in total. The van der Waals surface area contributed by atoms with E-state index in [0.717, 1.165) is 5.01 Å². The van der Waals surface area contributed by atoms with Crippen molar-refractivity contribution in [3.8, 4) is 0 Å². The monoisotopic (exact) mass is 356 g/mol. The van der Waals surface area contributed by atoms with Gasteiger partial charge in [0.05, 0.1) is 23.9 Å². The molecular weight excluding hydrogens is 332 g/mol. The summed E-state index contributed by atoms with van der Waals surface area (Å²) in [6, 6.07) is 0. The van der Waals surface area contributed by atoms with Gasteiger partial charge in [-0.3, -0.25) is 4.79 Å². The van der Waals surface area contributed by atoms with E-state index < -0.39 is 23.4 Å². The molecule has 0 spiro atoms. The fourth-order valence-corrected chi connectivity index (χ4v) is 2.96. The number of hydrogen-bond donors (Lipinski definition) is 1. The first-order valence-electron chi connectivity index (χ1n) is 7.84. The van der Waals surface area contributed by atoms with Crippen molar-refractivity contribution in [2.45, 2.75) is 52.5 Å². The second kappa shape index (κ2) is 8.77. The Morgan fingerprint density at radius 1 is 1.21 bits per heavy atom. The third kappa shape index (κ3) is 4.77. The van der Waals surface area contributed by atoms with E-state index in [4.69, 9.17) is 9.47 Å². The molecule has 0 radical (unpaired) electrons. The van der Waals surface area contributed by atoms with Gasteiger partial charge in [-0.1, -0.05) is 13.8 Å². The highest BCUT2D eigenvalue weighted by molar-refractivity contribution is 7.09. The van der Waals surface area contributed by atoms with Crippen LogP contribution in [0.4, 0.5) is 0 Å². The molecule has 0 aromatic carbocycles. The van der Waals surface area contributed by atoms with Gasteiger partial charge in [0.2, 0.25) is 11.4 Å². The number of aromatic nitrogens is 1. The Bertz CT molecular complexity index is 579. The normalized spacial score (nSPS) is 11.2. The van der Waals surface area contributed by atoms with Gasteiger partial charge in [0, 0.05) is 24.6 Å². The van der Waals surface area contributed by atoms with E-state index in [1.54, 1.807) is 19.2 Å². The minimum absolute atomic E-state index is 0.0773. The molecule has 0 aliphatic heterocycles. The van der Waals surface area contributed by atoms with Crippen LogP contribution in [0.25, 0.3) is 0 Å². The molecule has 24 heavy (non-hydrogen) atoms. The van der Waals surface area contributed by atoms with Gasteiger partial charge in [-0.05, 0) is 13.8 Å². The van der Waals surface area contributed by atoms with E-state index in [9.17, 15) is 14.4 Å². The van der Waals surface area contributed by atoms with Crippen LogP contribution in [-0.2, 0) is 30.3 Å². The zero-order chi connectivity index (χ0) is 18.3. The van der Waals surface area contributed by atoms with Crippen molar-refractivity contribution in [3.63, 3.8) is 0 Å². The number of amides is 1. The number of carbonyl (C=O) groups is 3. The van der Waals surface area contributed by atoms with Crippen molar-refractivity contribution in [2.75, 3.05) is 13.2 Å². The summed E-state index contributed by atoms with van der Waals surface area (Å²) in [7, 11) is 0. The molecule has 0 fully saturated rings. The molecule has 0 atom stereocenters. The fourth-order valence-electron chi connectivity index (χ4n) is 2.12. The third-order valence-corrected chi connectivity index (χ3v) is 4.34. The number of hydrogen-bond acceptors (Lipinski definition) is 7. The standard InChI is InChI=1S/C16H24N2O5S/c1-6-22-14(20)16(18-11(5)19,15(21)23-7-2)8-12-9-24-13(17-12)10(3)4/h9-10H,6-8H2,1-5H3,(H,18,19). The van der Waals surface area contributed by atoms with Crippen LogP contribution >= 0.6 is 11.3 Å². The summed E-state index contributed by atoms with van der Waals surface area (Å²) in [5, 5.41) is 5.08. The summed E-state index contributed by atoms with van der Waals surface area (Å²) in [5.74, 6) is -2.00. The van der Waals surface area contributed by atoms with Gasteiger partial charge in [0.25, 0.3) is 0 Å². The summed E-state index contributed by atoms with van der Waals surface area (Å²) in [5.41, 5.74) is -1.40. The van der Waals surface area contributed by atoms with E-state index in [-0.39, 0.29) is 25.6 Å². The number of thiazole rings is 1. The summed E-state index contributed by atoms with van der Waals surface area (Å²) < 4.78 is 10.0. The maximum atomic E-state index is 12.5. The first-order valence-corrected chi connectivity index (χ1v) is 8.72. The predicted octanol–water partition coefficient (Wildman–Crippen LogP) is 1.81. The van der Waals surface area contributed by atoms with Crippen LogP contribution in [0.2, 0.25) is 0 Å². The van der Waals surface area contributed by atoms with Crippen LogP contribution in [0, 0.1) is 0 Å². The number of esters is 2. The molecule has 1 heterocycles. The van der Waals surface area contributed by atoms with Gasteiger partial charge >= 0.3 is 11.9 Å². The van der Waals surface area contributed by atoms with Crippen LogP contribution in [0.5, 0.6) is 0 Å². The summed E-state index contributed by atoms with van der Waals surface area (Å²) >= 11 is 1.44. The fraction of sp³-hybridized carbons (Fsp3) is 0.625. The second-order valence-corrected chi connectivity index (χ2v) is 6.43. The van der Waals surface area contributed by atoms with E-state index in [0.29, 0.717) is 5.69 Å². The van der Waals surface area contributed by atoms with Gasteiger partial charge in [-0.2, -0.15) is 0 Å². The van der Waals surface area contributed by atoms with Crippen molar-refractivity contribution in [3.05, 3.63) is 16.1 Å². The molecule has 8 heteroatoms. The van der Waals surface area contributed by atoms with E-state index >= 15 is 0 Å². The van der Waals surface area contributed by atoms with Crippen LogP contribution in [-0.4, -0.2) is 41.6 Å². The van der Waals surface area contributed by atoms with Gasteiger partial charge in [-0.15, -0.1) is 11.3 Å². The lowest BCUT2D eigenvalue weighted by molar-refractivity contribution is -0.168. The molecule has 134 valence electrons. The zero-order valence-electron chi connectivity index (χ0n) is 14.7. The molecule has 0 saturated heterocycles. The number of ether oxygens (including phenoxy) is 2. The Morgan fingerprint density at radius 2 is 1.75 bits per heavy atom. The molecule has 7 nitrogen and oxygen atoms in total. The maximum absolute atomic E-state index is 12.5. The van der Waals surface area contributed by atoms with E-state index in [2.05, 4.69) is 10.3 Å². The highest BCUT2D eigenvalue weighted by Gasteiger charge is 2.50. The van der Waals surface area contributed by atoms with Crippen molar-refractivity contribution >= 4 is 29.2 Å². The molecule has 1 amide bonds. The second-order valence-electron chi connectivity index (χ2n) is 5.54. The van der Waals surface area contributed by atoms with Gasteiger partial charge in [0.15, 0.2) is 0 Å². The molecule has 0 aliphatic rings. The molecule has 0 aliphatic carbocycles. The minimum Gasteiger partial charge on any atom is -0.464 e. The summed E-state index contributed by atoms with van der Waals surface area (Å²) in [6.45, 7) is 8.64. The van der Waals surface area contributed by atoms with Gasteiger partial charge in [-0.25, -0.2) is 14.6 Å². The average Bonchev–Trinajstić information content (AvgIpc) is 2.95. The molecule has 0 unspecified atom stereocenters. The molecular formula is C16H24N2O5S. The van der Waals surface area contributed by atoms with Crippen LogP contribution in [0.3, 0.4) is 0 Å². The Morgan fingerprint density at radius 3 is 2.12 bits per heavy atom. The summed E-state index contributed by atoms with van der Waals surface area (Å²) in [4.78, 5) is 41.1. The van der Waals surface area contributed by atoms with Crippen LogP contribution < -0.4 is 5.32 Å². The number of rotatable bonds is 8. The Labute approximate surface area is 145 Å². The molecule has 0 saturated carbocycles. The first kappa shape index (κ1) is 20.1. The third-order valence-electron chi connectivity index (χ3n) is 3.15. The topological polar surface area (TPSA) is 94.6 Å². The Hall–Kier alpha value is -1.96. The molecule has 1 aromatic heterocycles. The minimum atomic E-state index is -1.93. The highest BCUT2D eigenvalue weighted by Crippen LogP contribution is 2.24. The van der Waals surface area contributed by atoms with E-state index in [1.165, 1.54) is 18.3 Å². The number of nitrogens with zero attached hydrogens (tertiary/aromatic N) is 1. The first-order chi connectivity index (χ1) is 11.3. The highest BCUT2D eigenvalue weighted by atomic mass is 32.1. The van der Waals surface area contributed by atoms with Crippen molar-refractivity contribution < 1.29 is 23.9 Å². The number of carbonyl (C=O) groups excluding carboxylic acids is 3. The van der Waals surface area contributed by atoms with E-state index in [1.807, 2.05) is 13.8 Å². The van der Waals surface area contributed by atoms with Crippen LogP contribution in [0.1, 0.15) is 51.2 Å². The maximum Gasteiger partial charge on any atom is 0.344 e. The predicted molar refractivity (Wildman–Crippen MR) is 89.7 cm³/mol. The zero-order valence-corrected chi connectivity index (χ0v) is 15.5. The lowest BCUT2D eigenvalue weighted by Gasteiger charge is -2.29. The molecule has 1 aromatic rings. The Kier molecular flexibility index (Phi) is 7.34. The average molecular weight is 356 g/mol. The number of nitrogens with one attached hydrogen (secondary N) is 1. The smallest absolute Gasteiger partial charge is 0.344 e. The lowest BCUT2D eigenvalue weighted by atomic mass is 9.93. The summed E-state index contributed by atoms with van der Waals surface area (Å²) in [6.07, 6.45) is -0.118. The van der Waals surface area contributed by atoms with Crippen molar-refractivity contribution in [1.82, 2.24) is 10.3 Å². The quantitative estimate of drug-likeness (QED) is 0.564. The SMILES string of the molecule is CCOC(=O)C(Cc1csc(C(C)C)n1)(NC(C)=O)C(=O)OCC. The Balaban J connectivity index is 3.27. The largest absolute Gasteiger partial charge is 0.464 e. The van der Waals surface area contributed by atoms with Crippen molar-refractivity contribution in [1.29, 1.82) is 0 Å². The van der Waals surface area contributed by atoms with Crippen molar-refractivity contribution in [2.24, 2.45) is 0 Å². The van der Waals surface area contributed by atoms with Gasteiger partial charge in [0.1, 0.15) is 0 Å².